The van der Waals surface area contributed by atoms with Crippen molar-refractivity contribution in [1.82, 2.24) is 0 Å². The minimum absolute atomic E-state index is 0.225. The molecule has 0 amide bonds. The molecule has 82 valence electrons. The number of para-hydroxylation sites is 1. The highest BCUT2D eigenvalue weighted by Crippen LogP contribution is 2.40. The van der Waals surface area contributed by atoms with Crippen molar-refractivity contribution in [1.29, 1.82) is 0 Å². The van der Waals surface area contributed by atoms with Gasteiger partial charge in [-0.05, 0) is 26.0 Å². The zero-order valence-electron chi connectivity index (χ0n) is 9.41. The Morgan fingerprint density at radius 1 is 1.47 bits per heavy atom. The summed E-state index contributed by atoms with van der Waals surface area (Å²) in [5.74, 6) is 0.974. The van der Waals surface area contributed by atoms with Gasteiger partial charge < -0.3 is 10.1 Å². The molecule has 1 aromatic carbocycles. The fourth-order valence-electron chi connectivity index (χ4n) is 1.64. The Labute approximate surface area is 95.4 Å². The van der Waals surface area contributed by atoms with Crippen LogP contribution in [0.15, 0.2) is 23.1 Å². The van der Waals surface area contributed by atoms with Gasteiger partial charge in [-0.15, -0.1) is 11.8 Å². The zero-order chi connectivity index (χ0) is 10.8. The van der Waals surface area contributed by atoms with E-state index in [-0.39, 0.29) is 6.10 Å². The van der Waals surface area contributed by atoms with Gasteiger partial charge in [-0.25, -0.2) is 0 Å². The van der Waals surface area contributed by atoms with Crippen molar-refractivity contribution in [3.63, 3.8) is 0 Å². The summed E-state index contributed by atoms with van der Waals surface area (Å²) in [6.07, 6.45) is 0.225. The third-order valence-electron chi connectivity index (χ3n) is 2.25. The first-order valence-corrected chi connectivity index (χ1v) is 6.25. The van der Waals surface area contributed by atoms with E-state index in [4.69, 9.17) is 4.74 Å². The van der Waals surface area contributed by atoms with Gasteiger partial charge in [0.2, 0.25) is 0 Å². The smallest absolute Gasteiger partial charge is 0.143 e. The highest BCUT2D eigenvalue weighted by molar-refractivity contribution is 8.00. The Hall–Kier alpha value is -0.830. The molecule has 1 aliphatic heterocycles. The highest BCUT2D eigenvalue weighted by Gasteiger charge is 2.18. The molecule has 0 bridgehead atoms. The number of ether oxygens (including phenoxy) is 1. The maximum atomic E-state index is 5.77. The Kier molecular flexibility index (Phi) is 3.10. The normalized spacial score (nSPS) is 19.6. The minimum Gasteiger partial charge on any atom is -0.489 e. The monoisotopic (exact) mass is 223 g/mol. The van der Waals surface area contributed by atoms with Gasteiger partial charge in [-0.3, -0.25) is 0 Å². The summed E-state index contributed by atoms with van der Waals surface area (Å²) >= 11 is 1.91. The van der Waals surface area contributed by atoms with Crippen molar-refractivity contribution in [2.75, 3.05) is 11.9 Å². The first kappa shape index (κ1) is 10.7. The predicted octanol–water partition coefficient (Wildman–Crippen LogP) is 3.38. The largest absolute Gasteiger partial charge is 0.489 e. The van der Waals surface area contributed by atoms with Gasteiger partial charge in [-0.2, -0.15) is 0 Å². The first-order chi connectivity index (χ1) is 7.16. The number of hydrogen-bond donors (Lipinski definition) is 1. The van der Waals surface area contributed by atoms with Crippen molar-refractivity contribution in [3.05, 3.63) is 18.2 Å². The Morgan fingerprint density at radius 3 is 3.00 bits per heavy atom. The maximum Gasteiger partial charge on any atom is 0.143 e. The van der Waals surface area contributed by atoms with Crippen molar-refractivity contribution >= 4 is 17.4 Å². The van der Waals surface area contributed by atoms with Gasteiger partial charge in [0.15, 0.2) is 0 Å². The summed E-state index contributed by atoms with van der Waals surface area (Å²) in [7, 11) is 0. The standard InChI is InChI=1S/C12H17NOS/c1-8(2)14-10-5-4-6-11-12(10)13-7-9(3)15-11/h4-6,8-9,13H,7H2,1-3H3. The lowest BCUT2D eigenvalue weighted by Gasteiger charge is -2.25. The second-order valence-corrected chi connectivity index (χ2v) is 5.59. The van der Waals surface area contributed by atoms with Gasteiger partial charge >= 0.3 is 0 Å². The number of anilines is 1. The quantitative estimate of drug-likeness (QED) is 0.830. The summed E-state index contributed by atoms with van der Waals surface area (Å²) in [4.78, 5) is 1.30. The third kappa shape index (κ3) is 2.40. The summed E-state index contributed by atoms with van der Waals surface area (Å²) in [6, 6.07) is 6.24. The number of rotatable bonds is 2. The van der Waals surface area contributed by atoms with Gasteiger partial charge in [-0.1, -0.05) is 13.0 Å². The fourth-order valence-corrected chi connectivity index (χ4v) is 2.69. The number of fused-ring (bicyclic) bond motifs is 1. The molecule has 15 heavy (non-hydrogen) atoms. The van der Waals surface area contributed by atoms with Crippen molar-refractivity contribution in [2.45, 2.75) is 37.0 Å². The van der Waals surface area contributed by atoms with Crippen LogP contribution in [0.2, 0.25) is 0 Å². The highest BCUT2D eigenvalue weighted by atomic mass is 32.2. The molecule has 1 heterocycles. The van der Waals surface area contributed by atoms with Gasteiger partial charge in [0.1, 0.15) is 5.75 Å². The molecule has 0 fully saturated rings. The summed E-state index contributed by atoms with van der Waals surface area (Å²) in [5.41, 5.74) is 1.16. The van der Waals surface area contributed by atoms with Crippen molar-refractivity contribution in [3.8, 4) is 5.75 Å². The van der Waals surface area contributed by atoms with E-state index in [1.807, 2.05) is 17.8 Å². The molecular formula is C12H17NOS. The van der Waals surface area contributed by atoms with Crippen molar-refractivity contribution < 1.29 is 4.74 Å². The van der Waals surface area contributed by atoms with Crippen LogP contribution in [0, 0.1) is 0 Å². The van der Waals surface area contributed by atoms with Crippen LogP contribution < -0.4 is 10.1 Å². The second kappa shape index (κ2) is 4.35. The Morgan fingerprint density at radius 2 is 2.27 bits per heavy atom. The van der Waals surface area contributed by atoms with E-state index in [2.05, 4.69) is 38.2 Å². The number of benzene rings is 1. The van der Waals surface area contributed by atoms with Crippen LogP contribution in [0.5, 0.6) is 5.75 Å². The van der Waals surface area contributed by atoms with E-state index in [1.165, 1.54) is 4.90 Å². The van der Waals surface area contributed by atoms with Crippen LogP contribution >= 0.6 is 11.8 Å². The zero-order valence-corrected chi connectivity index (χ0v) is 10.2. The summed E-state index contributed by atoms with van der Waals surface area (Å²) in [5, 5.41) is 4.07. The van der Waals surface area contributed by atoms with E-state index in [0.717, 1.165) is 18.0 Å². The van der Waals surface area contributed by atoms with E-state index in [0.29, 0.717) is 5.25 Å². The summed E-state index contributed by atoms with van der Waals surface area (Å²) < 4.78 is 5.77. The molecule has 1 aliphatic rings. The molecule has 0 aromatic heterocycles. The lowest BCUT2D eigenvalue weighted by molar-refractivity contribution is 0.243. The third-order valence-corrected chi connectivity index (χ3v) is 3.41. The van der Waals surface area contributed by atoms with Gasteiger partial charge in [0, 0.05) is 16.7 Å². The fraction of sp³-hybridized carbons (Fsp3) is 0.500. The van der Waals surface area contributed by atoms with Crippen molar-refractivity contribution in [2.24, 2.45) is 0 Å². The lowest BCUT2D eigenvalue weighted by Crippen LogP contribution is -2.19. The molecule has 2 rings (SSSR count). The van der Waals surface area contributed by atoms with E-state index in [9.17, 15) is 0 Å². The Balaban J connectivity index is 2.29. The maximum absolute atomic E-state index is 5.77. The molecule has 3 heteroatoms. The lowest BCUT2D eigenvalue weighted by atomic mass is 10.2. The molecule has 0 saturated heterocycles. The molecule has 0 spiro atoms. The van der Waals surface area contributed by atoms with E-state index in [1.54, 1.807) is 0 Å². The van der Waals surface area contributed by atoms with Crippen LogP contribution in [-0.4, -0.2) is 17.9 Å². The summed E-state index contributed by atoms with van der Waals surface area (Å²) in [6.45, 7) is 7.35. The minimum atomic E-state index is 0.225. The number of thioether (sulfide) groups is 1. The molecule has 1 aromatic rings. The van der Waals surface area contributed by atoms with Crippen LogP contribution in [0.1, 0.15) is 20.8 Å². The molecule has 1 unspecified atom stereocenters. The predicted molar refractivity (Wildman–Crippen MR) is 66.0 cm³/mol. The molecule has 0 saturated carbocycles. The molecule has 1 N–H and O–H groups in total. The molecular weight excluding hydrogens is 206 g/mol. The first-order valence-electron chi connectivity index (χ1n) is 5.37. The van der Waals surface area contributed by atoms with Gasteiger partial charge in [0.05, 0.1) is 11.8 Å². The van der Waals surface area contributed by atoms with E-state index < -0.39 is 0 Å². The average molecular weight is 223 g/mol. The molecule has 0 aliphatic carbocycles. The Bertz CT molecular complexity index is 351. The second-order valence-electron chi connectivity index (χ2n) is 4.11. The topological polar surface area (TPSA) is 21.3 Å². The average Bonchev–Trinajstić information content (AvgIpc) is 2.16. The number of hydrogen-bond acceptors (Lipinski definition) is 3. The van der Waals surface area contributed by atoms with E-state index >= 15 is 0 Å². The van der Waals surface area contributed by atoms with Crippen LogP contribution in [0.25, 0.3) is 0 Å². The van der Waals surface area contributed by atoms with Gasteiger partial charge in [0.25, 0.3) is 0 Å². The van der Waals surface area contributed by atoms with Crippen LogP contribution in [0.4, 0.5) is 5.69 Å². The SMILES string of the molecule is CC(C)Oc1cccc2c1NCC(C)S2. The molecule has 0 radical (unpaired) electrons. The van der Waals surface area contributed by atoms with Crippen LogP contribution in [-0.2, 0) is 0 Å². The molecule has 2 nitrogen and oxygen atoms in total. The van der Waals surface area contributed by atoms with Crippen LogP contribution in [0.3, 0.4) is 0 Å². The number of nitrogens with one attached hydrogen (secondary N) is 1. The molecule has 1 atom stereocenters.